The van der Waals surface area contributed by atoms with Gasteiger partial charge in [-0.2, -0.15) is 18.3 Å². The average Bonchev–Trinajstić information content (AvgIpc) is 2.59. The van der Waals surface area contributed by atoms with Crippen LogP contribution in [0.3, 0.4) is 0 Å². The number of alkyl halides is 3. The third kappa shape index (κ3) is 2.28. The number of nitrogens with zero attached hydrogens (tertiary/aromatic N) is 2. The minimum absolute atomic E-state index is 0.338. The highest BCUT2D eigenvalue weighted by atomic mass is 79.9. The van der Waals surface area contributed by atoms with Gasteiger partial charge in [-0.15, -0.1) is 0 Å². The zero-order valence-electron chi connectivity index (χ0n) is 8.37. The summed E-state index contributed by atoms with van der Waals surface area (Å²) in [4.78, 5) is 0. The molecule has 90 valence electrons. The van der Waals surface area contributed by atoms with E-state index in [1.807, 2.05) is 0 Å². The molecule has 2 rings (SSSR count). The number of nitrogen functional groups attached to an aromatic ring is 1. The molecule has 0 atom stereocenters. The fourth-order valence-corrected chi connectivity index (χ4v) is 1.59. The maximum Gasteiger partial charge on any atom is 0.416 e. The van der Waals surface area contributed by atoms with E-state index in [4.69, 9.17) is 5.73 Å². The van der Waals surface area contributed by atoms with E-state index in [9.17, 15) is 13.2 Å². The van der Waals surface area contributed by atoms with Crippen LogP contribution in [0.25, 0.3) is 5.69 Å². The molecule has 1 aromatic heterocycles. The van der Waals surface area contributed by atoms with Crippen LogP contribution < -0.4 is 5.73 Å². The molecule has 2 aromatic rings. The van der Waals surface area contributed by atoms with Gasteiger partial charge in [0.15, 0.2) is 0 Å². The second-order valence-corrected chi connectivity index (χ2v) is 4.19. The predicted molar refractivity (Wildman–Crippen MR) is 60.7 cm³/mol. The molecule has 0 amide bonds. The summed E-state index contributed by atoms with van der Waals surface area (Å²) in [5, 5.41) is 3.94. The minimum atomic E-state index is -4.34. The van der Waals surface area contributed by atoms with Gasteiger partial charge in [0.2, 0.25) is 0 Å². The lowest BCUT2D eigenvalue weighted by atomic mass is 10.2. The third-order valence-electron chi connectivity index (χ3n) is 2.20. The van der Waals surface area contributed by atoms with Gasteiger partial charge in [0.25, 0.3) is 0 Å². The molecule has 0 unspecified atom stereocenters. The molecule has 17 heavy (non-hydrogen) atoms. The fraction of sp³-hybridized carbons (Fsp3) is 0.100. The Kier molecular flexibility index (Phi) is 2.86. The van der Waals surface area contributed by atoms with Crippen LogP contribution in [0.2, 0.25) is 0 Å². The zero-order valence-corrected chi connectivity index (χ0v) is 9.96. The molecule has 0 radical (unpaired) electrons. The van der Waals surface area contributed by atoms with Crippen molar-refractivity contribution in [1.82, 2.24) is 9.78 Å². The average molecular weight is 306 g/mol. The van der Waals surface area contributed by atoms with E-state index >= 15 is 0 Å². The summed E-state index contributed by atoms with van der Waals surface area (Å²) in [7, 11) is 0. The molecule has 0 aliphatic rings. The van der Waals surface area contributed by atoms with Crippen molar-refractivity contribution in [2.24, 2.45) is 0 Å². The molecular formula is C10H7BrF3N3. The predicted octanol–water partition coefficient (Wildman–Crippen LogP) is 3.24. The van der Waals surface area contributed by atoms with Gasteiger partial charge in [-0.1, -0.05) is 0 Å². The Balaban J connectivity index is 2.40. The molecule has 1 aromatic carbocycles. The first-order chi connectivity index (χ1) is 7.89. The number of nitrogens with two attached hydrogens (primary N) is 1. The van der Waals surface area contributed by atoms with Crippen LogP contribution in [0.15, 0.2) is 34.9 Å². The van der Waals surface area contributed by atoms with E-state index in [-0.39, 0.29) is 0 Å². The summed E-state index contributed by atoms with van der Waals surface area (Å²) in [5.41, 5.74) is 5.46. The quantitative estimate of drug-likeness (QED) is 0.879. The van der Waals surface area contributed by atoms with Crippen molar-refractivity contribution in [2.75, 3.05) is 5.73 Å². The Labute approximate surface area is 103 Å². The van der Waals surface area contributed by atoms with Gasteiger partial charge in [0.05, 0.1) is 21.9 Å². The van der Waals surface area contributed by atoms with Crippen molar-refractivity contribution in [2.45, 2.75) is 6.18 Å². The molecule has 0 spiro atoms. The largest absolute Gasteiger partial charge is 0.416 e. The smallest absolute Gasteiger partial charge is 0.383 e. The summed E-state index contributed by atoms with van der Waals surface area (Å²) in [6.07, 6.45) is -2.86. The summed E-state index contributed by atoms with van der Waals surface area (Å²) in [6.45, 7) is 0. The van der Waals surface area contributed by atoms with Crippen LogP contribution in [0.1, 0.15) is 5.56 Å². The van der Waals surface area contributed by atoms with Crippen LogP contribution in [0.4, 0.5) is 19.0 Å². The molecule has 7 heteroatoms. The standard InChI is InChI=1S/C10H7BrF3N3/c11-8-5-16-17(9(8)15)7-3-1-6(2-4-7)10(12,13)14/h1-5H,15H2. The Morgan fingerprint density at radius 1 is 1.18 bits per heavy atom. The SMILES string of the molecule is Nc1c(Br)cnn1-c1ccc(C(F)(F)F)cc1. The van der Waals surface area contributed by atoms with Gasteiger partial charge in [0.1, 0.15) is 5.82 Å². The van der Waals surface area contributed by atoms with Crippen molar-refractivity contribution >= 4 is 21.7 Å². The van der Waals surface area contributed by atoms with Crippen molar-refractivity contribution in [3.05, 3.63) is 40.5 Å². The van der Waals surface area contributed by atoms with Crippen molar-refractivity contribution in [1.29, 1.82) is 0 Å². The lowest BCUT2D eigenvalue weighted by molar-refractivity contribution is -0.137. The van der Waals surface area contributed by atoms with E-state index in [1.54, 1.807) is 0 Å². The molecular weight excluding hydrogens is 299 g/mol. The molecule has 3 nitrogen and oxygen atoms in total. The molecule has 0 bridgehead atoms. The van der Waals surface area contributed by atoms with E-state index in [1.165, 1.54) is 23.0 Å². The number of halogens is 4. The van der Waals surface area contributed by atoms with E-state index in [0.717, 1.165) is 12.1 Å². The Hall–Kier alpha value is -1.50. The Morgan fingerprint density at radius 3 is 2.18 bits per heavy atom. The highest BCUT2D eigenvalue weighted by Gasteiger charge is 2.30. The lowest BCUT2D eigenvalue weighted by Crippen LogP contribution is -2.06. The molecule has 0 fully saturated rings. The van der Waals surface area contributed by atoms with Gasteiger partial charge >= 0.3 is 6.18 Å². The number of anilines is 1. The Morgan fingerprint density at radius 2 is 1.76 bits per heavy atom. The van der Waals surface area contributed by atoms with Crippen molar-refractivity contribution in [3.63, 3.8) is 0 Å². The first kappa shape index (κ1) is 12.0. The summed E-state index contributed by atoms with van der Waals surface area (Å²) >= 11 is 3.17. The van der Waals surface area contributed by atoms with Gasteiger partial charge in [-0.25, -0.2) is 4.68 Å². The molecule has 0 aliphatic carbocycles. The second-order valence-electron chi connectivity index (χ2n) is 3.33. The molecule has 2 N–H and O–H groups in total. The summed E-state index contributed by atoms with van der Waals surface area (Å²) in [6, 6.07) is 4.62. The number of aromatic nitrogens is 2. The Bertz CT molecular complexity index is 531. The van der Waals surface area contributed by atoms with E-state index in [0.29, 0.717) is 16.0 Å². The zero-order chi connectivity index (χ0) is 12.6. The number of hydrogen-bond acceptors (Lipinski definition) is 2. The van der Waals surface area contributed by atoms with Crippen molar-refractivity contribution in [3.8, 4) is 5.69 Å². The minimum Gasteiger partial charge on any atom is -0.383 e. The molecule has 1 heterocycles. The molecule has 0 aliphatic heterocycles. The number of benzene rings is 1. The highest BCUT2D eigenvalue weighted by Crippen LogP contribution is 2.30. The van der Waals surface area contributed by atoms with Crippen LogP contribution in [0, 0.1) is 0 Å². The highest BCUT2D eigenvalue weighted by molar-refractivity contribution is 9.10. The molecule has 0 saturated carbocycles. The van der Waals surface area contributed by atoms with Gasteiger partial charge < -0.3 is 5.73 Å². The first-order valence-corrected chi connectivity index (χ1v) is 5.35. The van der Waals surface area contributed by atoms with Gasteiger partial charge in [0, 0.05) is 0 Å². The fourth-order valence-electron chi connectivity index (χ4n) is 1.34. The molecule has 0 saturated heterocycles. The van der Waals surface area contributed by atoms with Crippen molar-refractivity contribution < 1.29 is 13.2 Å². The third-order valence-corrected chi connectivity index (χ3v) is 2.81. The maximum absolute atomic E-state index is 12.4. The van der Waals surface area contributed by atoms with Gasteiger partial charge in [-0.3, -0.25) is 0 Å². The van der Waals surface area contributed by atoms with Crippen LogP contribution in [0.5, 0.6) is 0 Å². The topological polar surface area (TPSA) is 43.8 Å². The first-order valence-electron chi connectivity index (χ1n) is 4.56. The monoisotopic (exact) mass is 305 g/mol. The van der Waals surface area contributed by atoms with Crippen LogP contribution >= 0.6 is 15.9 Å². The number of hydrogen-bond donors (Lipinski definition) is 1. The number of rotatable bonds is 1. The summed E-state index contributed by atoms with van der Waals surface area (Å²) < 4.78 is 39.0. The van der Waals surface area contributed by atoms with E-state index < -0.39 is 11.7 Å². The lowest BCUT2D eigenvalue weighted by Gasteiger charge is -2.08. The van der Waals surface area contributed by atoms with E-state index in [2.05, 4.69) is 21.0 Å². The second kappa shape index (κ2) is 4.06. The normalized spacial score (nSPS) is 11.8. The maximum atomic E-state index is 12.4. The summed E-state index contributed by atoms with van der Waals surface area (Å²) in [5.74, 6) is 0.338. The van der Waals surface area contributed by atoms with Crippen LogP contribution in [-0.2, 0) is 6.18 Å². The van der Waals surface area contributed by atoms with Crippen LogP contribution in [-0.4, -0.2) is 9.78 Å². The van der Waals surface area contributed by atoms with Gasteiger partial charge in [-0.05, 0) is 40.2 Å².